The third-order valence-corrected chi connectivity index (χ3v) is 3.22. The van der Waals surface area contributed by atoms with Crippen LogP contribution in [0.1, 0.15) is 5.69 Å². The van der Waals surface area contributed by atoms with Gasteiger partial charge in [0.1, 0.15) is 5.82 Å². The molecule has 1 aromatic carbocycles. The van der Waals surface area contributed by atoms with E-state index in [-0.39, 0.29) is 5.82 Å². The molecule has 0 unspecified atom stereocenters. The first-order chi connectivity index (χ1) is 8.24. The highest BCUT2D eigenvalue weighted by atomic mass is 32.2. The number of nitrogens with zero attached hydrogens (tertiary/aromatic N) is 1. The molecule has 0 aliphatic rings. The zero-order chi connectivity index (χ0) is 12.1. The number of thioether (sulfide) groups is 1. The number of halogens is 1. The molecule has 0 spiro atoms. The van der Waals surface area contributed by atoms with Gasteiger partial charge in [-0.3, -0.25) is 4.98 Å². The van der Waals surface area contributed by atoms with Gasteiger partial charge in [0.15, 0.2) is 0 Å². The molecule has 2 N–H and O–H groups in total. The van der Waals surface area contributed by atoms with Crippen LogP contribution in [0.15, 0.2) is 47.5 Å². The Hall–Kier alpha value is -1.55. The summed E-state index contributed by atoms with van der Waals surface area (Å²) in [5.74, 6) is 0.574. The van der Waals surface area contributed by atoms with Crippen molar-refractivity contribution >= 4 is 17.4 Å². The van der Waals surface area contributed by atoms with Crippen LogP contribution in [-0.2, 0) is 6.42 Å². The molecule has 4 heteroatoms. The minimum atomic E-state index is -0.287. The van der Waals surface area contributed by atoms with Gasteiger partial charge in [-0.05, 0) is 36.8 Å². The SMILES string of the molecule is Nc1cc(F)cc(SCCc2ccccn2)c1. The summed E-state index contributed by atoms with van der Waals surface area (Å²) >= 11 is 1.58. The molecule has 0 atom stereocenters. The molecule has 2 nitrogen and oxygen atoms in total. The van der Waals surface area contributed by atoms with Crippen LogP contribution in [0.3, 0.4) is 0 Å². The van der Waals surface area contributed by atoms with Crippen LogP contribution >= 0.6 is 11.8 Å². The highest BCUT2D eigenvalue weighted by Gasteiger charge is 2.00. The average Bonchev–Trinajstić information content (AvgIpc) is 2.29. The summed E-state index contributed by atoms with van der Waals surface area (Å²) in [6, 6.07) is 10.5. The highest BCUT2D eigenvalue weighted by molar-refractivity contribution is 7.99. The molecule has 1 aromatic heterocycles. The number of anilines is 1. The van der Waals surface area contributed by atoms with Crippen LogP contribution in [0.5, 0.6) is 0 Å². The maximum atomic E-state index is 13.1. The Balaban J connectivity index is 1.90. The lowest BCUT2D eigenvalue weighted by Gasteiger charge is -2.03. The number of hydrogen-bond acceptors (Lipinski definition) is 3. The van der Waals surface area contributed by atoms with Gasteiger partial charge in [0.05, 0.1) is 0 Å². The molecule has 0 fully saturated rings. The number of rotatable bonds is 4. The van der Waals surface area contributed by atoms with Gasteiger partial charge < -0.3 is 5.73 Å². The molecular weight excluding hydrogens is 235 g/mol. The maximum Gasteiger partial charge on any atom is 0.126 e. The van der Waals surface area contributed by atoms with Crippen molar-refractivity contribution in [2.75, 3.05) is 11.5 Å². The lowest BCUT2D eigenvalue weighted by Crippen LogP contribution is -1.92. The molecule has 88 valence electrons. The van der Waals surface area contributed by atoms with Crippen LogP contribution in [0.2, 0.25) is 0 Å². The number of nitrogen functional groups attached to an aromatic ring is 1. The summed E-state index contributed by atoms with van der Waals surface area (Å²) in [5, 5.41) is 0. The van der Waals surface area contributed by atoms with Gasteiger partial charge in [-0.2, -0.15) is 0 Å². The fraction of sp³-hybridized carbons (Fsp3) is 0.154. The van der Waals surface area contributed by atoms with E-state index in [1.807, 2.05) is 18.2 Å². The molecule has 1 heterocycles. The lowest BCUT2D eigenvalue weighted by atomic mass is 10.3. The molecule has 17 heavy (non-hydrogen) atoms. The Bertz CT molecular complexity index is 468. The first kappa shape index (κ1) is 11.9. The smallest absolute Gasteiger partial charge is 0.126 e. The van der Waals surface area contributed by atoms with Crippen molar-refractivity contribution in [1.82, 2.24) is 4.98 Å². The van der Waals surface area contributed by atoms with Crippen LogP contribution in [0, 0.1) is 5.82 Å². The Labute approximate surface area is 104 Å². The van der Waals surface area contributed by atoms with Gasteiger partial charge in [0.25, 0.3) is 0 Å². The molecule has 0 amide bonds. The summed E-state index contributed by atoms with van der Waals surface area (Å²) in [4.78, 5) is 5.09. The quantitative estimate of drug-likeness (QED) is 0.667. The van der Waals surface area contributed by atoms with E-state index in [4.69, 9.17) is 5.73 Å². The minimum absolute atomic E-state index is 0.287. The topological polar surface area (TPSA) is 38.9 Å². The van der Waals surface area contributed by atoms with Crippen molar-refractivity contribution in [2.24, 2.45) is 0 Å². The van der Waals surface area contributed by atoms with Crippen LogP contribution < -0.4 is 5.73 Å². The highest BCUT2D eigenvalue weighted by Crippen LogP contribution is 2.22. The third-order valence-electron chi connectivity index (χ3n) is 2.25. The molecule has 0 aliphatic carbocycles. The Morgan fingerprint density at radius 3 is 2.82 bits per heavy atom. The van der Waals surface area contributed by atoms with Crippen molar-refractivity contribution in [3.8, 4) is 0 Å². The van der Waals surface area contributed by atoms with Gasteiger partial charge in [-0.25, -0.2) is 4.39 Å². The zero-order valence-corrected chi connectivity index (χ0v) is 10.1. The van der Waals surface area contributed by atoms with E-state index in [1.165, 1.54) is 12.1 Å². The third kappa shape index (κ3) is 3.75. The van der Waals surface area contributed by atoms with Crippen LogP contribution in [-0.4, -0.2) is 10.7 Å². The predicted octanol–water partition coefficient (Wildman–Crippen LogP) is 3.14. The molecule has 0 saturated carbocycles. The molecule has 0 bridgehead atoms. The standard InChI is InChI=1S/C13H13FN2S/c14-10-7-11(15)9-13(8-10)17-6-4-12-3-1-2-5-16-12/h1-3,5,7-9H,4,6,15H2. The fourth-order valence-corrected chi connectivity index (χ4v) is 2.45. The van der Waals surface area contributed by atoms with Gasteiger partial charge in [-0.15, -0.1) is 11.8 Å². The Morgan fingerprint density at radius 2 is 2.12 bits per heavy atom. The van der Waals surface area contributed by atoms with Gasteiger partial charge in [0.2, 0.25) is 0 Å². The maximum absolute atomic E-state index is 13.1. The monoisotopic (exact) mass is 248 g/mol. The van der Waals surface area contributed by atoms with Crippen molar-refractivity contribution in [3.63, 3.8) is 0 Å². The van der Waals surface area contributed by atoms with Crippen molar-refractivity contribution in [3.05, 3.63) is 54.1 Å². The Morgan fingerprint density at radius 1 is 1.24 bits per heavy atom. The van der Waals surface area contributed by atoms with Crippen molar-refractivity contribution < 1.29 is 4.39 Å². The van der Waals surface area contributed by atoms with Crippen molar-refractivity contribution in [1.29, 1.82) is 0 Å². The zero-order valence-electron chi connectivity index (χ0n) is 9.27. The van der Waals surface area contributed by atoms with E-state index in [9.17, 15) is 4.39 Å². The number of pyridine rings is 1. The molecule has 0 radical (unpaired) electrons. The summed E-state index contributed by atoms with van der Waals surface area (Å²) < 4.78 is 13.1. The van der Waals surface area contributed by atoms with E-state index >= 15 is 0 Å². The van der Waals surface area contributed by atoms with Gasteiger partial charge in [-0.1, -0.05) is 6.07 Å². The van der Waals surface area contributed by atoms with Crippen LogP contribution in [0.4, 0.5) is 10.1 Å². The van der Waals surface area contributed by atoms with E-state index < -0.39 is 0 Å². The van der Waals surface area contributed by atoms with Gasteiger partial charge >= 0.3 is 0 Å². The lowest BCUT2D eigenvalue weighted by molar-refractivity contribution is 0.625. The van der Waals surface area contributed by atoms with E-state index in [1.54, 1.807) is 24.0 Å². The number of hydrogen-bond donors (Lipinski definition) is 1. The molecule has 0 saturated heterocycles. The number of nitrogens with two attached hydrogens (primary N) is 1. The first-order valence-corrected chi connectivity index (χ1v) is 6.31. The first-order valence-electron chi connectivity index (χ1n) is 5.33. The van der Waals surface area contributed by atoms with E-state index in [2.05, 4.69) is 4.98 Å². The second-order valence-corrected chi connectivity index (χ2v) is 4.81. The second-order valence-electron chi connectivity index (χ2n) is 3.64. The van der Waals surface area contributed by atoms with Crippen LogP contribution in [0.25, 0.3) is 0 Å². The summed E-state index contributed by atoms with van der Waals surface area (Å²) in [6.45, 7) is 0. The Kier molecular flexibility index (Phi) is 3.98. The minimum Gasteiger partial charge on any atom is -0.399 e. The molecule has 0 aliphatic heterocycles. The predicted molar refractivity (Wildman–Crippen MR) is 69.5 cm³/mol. The van der Waals surface area contributed by atoms with Crippen molar-refractivity contribution in [2.45, 2.75) is 11.3 Å². The molecule has 2 aromatic rings. The summed E-state index contributed by atoms with van der Waals surface area (Å²) in [5.41, 5.74) is 7.09. The molecular formula is C13H13FN2S. The summed E-state index contributed by atoms with van der Waals surface area (Å²) in [7, 11) is 0. The van der Waals surface area contributed by atoms with Gasteiger partial charge in [0, 0.05) is 28.2 Å². The second kappa shape index (κ2) is 5.68. The van der Waals surface area contributed by atoms with E-state index in [0.29, 0.717) is 5.69 Å². The largest absolute Gasteiger partial charge is 0.399 e. The number of aryl methyl sites for hydroxylation is 1. The normalized spacial score (nSPS) is 10.4. The summed E-state index contributed by atoms with van der Waals surface area (Å²) in [6.07, 6.45) is 2.64. The number of aromatic nitrogens is 1. The fourth-order valence-electron chi connectivity index (χ4n) is 1.49. The number of benzene rings is 1. The van der Waals surface area contributed by atoms with E-state index in [0.717, 1.165) is 22.8 Å². The average molecular weight is 248 g/mol. The molecule has 2 rings (SSSR count).